The van der Waals surface area contributed by atoms with Crippen molar-refractivity contribution >= 4 is 29.2 Å². The summed E-state index contributed by atoms with van der Waals surface area (Å²) in [5.74, 6) is -1.80. The van der Waals surface area contributed by atoms with Gasteiger partial charge in [-0.1, -0.05) is 44.2 Å². The predicted octanol–water partition coefficient (Wildman–Crippen LogP) is 1.54. The summed E-state index contributed by atoms with van der Waals surface area (Å²) < 4.78 is 25.0. The maximum Gasteiger partial charge on any atom is 0.323 e. The number of nitrogen functional groups attached to an aromatic ring is 1. The molecule has 5 atom stereocenters. The molecule has 0 saturated carbocycles. The molecule has 1 fully saturated rings. The van der Waals surface area contributed by atoms with Crippen LogP contribution in [-0.2, 0) is 45.4 Å². The fraction of sp³-hybridized carbons (Fsp3) is 0.444. The normalized spacial score (nSPS) is 23.5. The Labute approximate surface area is 225 Å². The van der Waals surface area contributed by atoms with E-state index in [-0.39, 0.29) is 24.8 Å². The first-order chi connectivity index (χ1) is 18.5. The van der Waals surface area contributed by atoms with E-state index in [0.29, 0.717) is 11.2 Å². The largest absolute Gasteiger partial charge is 0.463 e. The molecule has 4 rings (SSSR count). The van der Waals surface area contributed by atoms with Gasteiger partial charge in [-0.05, 0) is 30.5 Å². The average Bonchev–Trinajstić information content (AvgIpc) is 3.44. The lowest BCUT2D eigenvalue weighted by Gasteiger charge is -2.31. The number of nitrogens with two attached hydrogens (primary N) is 2. The first-order valence-corrected chi connectivity index (χ1v) is 12.6. The van der Waals surface area contributed by atoms with Crippen LogP contribution in [0.2, 0.25) is 0 Å². The highest BCUT2D eigenvalue weighted by atomic mass is 16.7. The van der Waals surface area contributed by atoms with Gasteiger partial charge in [0.05, 0.1) is 12.1 Å². The highest BCUT2D eigenvalue weighted by Crippen LogP contribution is 2.43. The number of ether oxygens (including phenoxy) is 4. The van der Waals surface area contributed by atoms with Crippen LogP contribution in [0.3, 0.4) is 0 Å². The minimum absolute atomic E-state index is 0.0421. The predicted molar refractivity (Wildman–Crippen MR) is 139 cm³/mol. The van der Waals surface area contributed by atoms with Gasteiger partial charge in [0, 0.05) is 6.92 Å². The molecule has 1 saturated heterocycles. The molecule has 39 heavy (non-hydrogen) atoms. The fourth-order valence-corrected chi connectivity index (χ4v) is 4.59. The van der Waals surface area contributed by atoms with Crippen LogP contribution in [0.1, 0.15) is 39.0 Å². The molecule has 3 aromatic rings. The van der Waals surface area contributed by atoms with Crippen molar-refractivity contribution in [1.82, 2.24) is 14.6 Å². The van der Waals surface area contributed by atoms with E-state index in [2.05, 4.69) is 10.1 Å². The Balaban J connectivity index is 1.68. The zero-order chi connectivity index (χ0) is 28.3. The Hall–Kier alpha value is -4.03. The van der Waals surface area contributed by atoms with Gasteiger partial charge in [0.2, 0.25) is 0 Å². The number of benzene rings is 1. The lowest BCUT2D eigenvalue weighted by molar-refractivity contribution is -0.171. The van der Waals surface area contributed by atoms with Crippen LogP contribution in [0, 0.1) is 5.92 Å². The maximum absolute atomic E-state index is 13.0. The van der Waals surface area contributed by atoms with E-state index < -0.39 is 47.9 Å². The van der Waals surface area contributed by atoms with Crippen LogP contribution in [0.4, 0.5) is 5.82 Å². The standard InChI is InChI=1S/C27H33N5O7/c1-15(2)22(28)26(35)38-23-19(13-36-21(34)12-17-8-6-5-7-9-17)39-27(4,24(23)37-16(3)33)20-11-10-18-25(29)30-14-31-32(18)20/h5-11,14-15,19,22-24H,12-13,28H2,1-4H3,(H2,29,30,31)/t19-,22+,23-,24-,27+/m1/s1. The van der Waals surface area contributed by atoms with Crippen molar-refractivity contribution in [2.24, 2.45) is 11.7 Å². The molecule has 0 spiro atoms. The van der Waals surface area contributed by atoms with E-state index in [0.717, 1.165) is 5.56 Å². The number of rotatable bonds is 9. The topological polar surface area (TPSA) is 170 Å². The Kier molecular flexibility index (Phi) is 8.17. The van der Waals surface area contributed by atoms with Gasteiger partial charge in [0.15, 0.2) is 18.0 Å². The average molecular weight is 540 g/mol. The van der Waals surface area contributed by atoms with E-state index in [9.17, 15) is 14.4 Å². The highest BCUT2D eigenvalue weighted by Gasteiger charge is 2.59. The van der Waals surface area contributed by atoms with E-state index in [1.165, 1.54) is 17.8 Å². The molecule has 0 aliphatic carbocycles. The smallest absolute Gasteiger partial charge is 0.323 e. The number of hydrogen-bond acceptors (Lipinski definition) is 11. The van der Waals surface area contributed by atoms with Crippen molar-refractivity contribution in [2.45, 2.75) is 64.1 Å². The molecule has 208 valence electrons. The van der Waals surface area contributed by atoms with Crippen LogP contribution in [0.25, 0.3) is 5.52 Å². The zero-order valence-corrected chi connectivity index (χ0v) is 22.3. The Morgan fingerprint density at radius 2 is 1.85 bits per heavy atom. The molecule has 12 heteroatoms. The van der Waals surface area contributed by atoms with Gasteiger partial charge in [-0.2, -0.15) is 5.10 Å². The second kappa shape index (κ2) is 11.4. The Bertz CT molecular complexity index is 1340. The minimum Gasteiger partial charge on any atom is -0.463 e. The van der Waals surface area contributed by atoms with Gasteiger partial charge in [-0.25, -0.2) is 9.50 Å². The third-order valence-electron chi connectivity index (χ3n) is 6.73. The van der Waals surface area contributed by atoms with E-state index >= 15 is 0 Å². The lowest BCUT2D eigenvalue weighted by atomic mass is 9.92. The Morgan fingerprint density at radius 1 is 1.13 bits per heavy atom. The monoisotopic (exact) mass is 539 g/mol. The van der Waals surface area contributed by atoms with Crippen molar-refractivity contribution in [3.05, 3.63) is 60.0 Å². The van der Waals surface area contributed by atoms with Crippen molar-refractivity contribution < 1.29 is 33.3 Å². The first-order valence-electron chi connectivity index (χ1n) is 12.6. The third kappa shape index (κ3) is 5.86. The fourth-order valence-electron chi connectivity index (χ4n) is 4.59. The summed E-state index contributed by atoms with van der Waals surface area (Å²) in [6.07, 6.45) is -1.95. The molecule has 0 bridgehead atoms. The van der Waals surface area contributed by atoms with Gasteiger partial charge in [0.25, 0.3) is 0 Å². The van der Waals surface area contributed by atoms with Gasteiger partial charge in [-0.3, -0.25) is 14.4 Å². The summed E-state index contributed by atoms with van der Waals surface area (Å²) >= 11 is 0. The summed E-state index contributed by atoms with van der Waals surface area (Å²) in [6, 6.07) is 11.6. The number of esters is 3. The van der Waals surface area contributed by atoms with E-state index in [4.69, 9.17) is 30.4 Å². The summed E-state index contributed by atoms with van der Waals surface area (Å²) in [5.41, 5.74) is 12.4. The van der Waals surface area contributed by atoms with Crippen molar-refractivity contribution in [2.75, 3.05) is 12.3 Å². The molecule has 1 aliphatic rings. The number of fused-ring (bicyclic) bond motifs is 1. The zero-order valence-electron chi connectivity index (χ0n) is 22.3. The molecule has 4 N–H and O–H groups in total. The molecule has 1 aliphatic heterocycles. The quantitative estimate of drug-likeness (QED) is 0.298. The number of aromatic nitrogens is 3. The molecule has 1 aromatic carbocycles. The van der Waals surface area contributed by atoms with Crippen LogP contribution in [-0.4, -0.2) is 63.5 Å². The molecule has 0 radical (unpaired) electrons. The molecule has 0 amide bonds. The molecular weight excluding hydrogens is 506 g/mol. The first kappa shape index (κ1) is 28.0. The highest BCUT2D eigenvalue weighted by molar-refractivity contribution is 5.76. The summed E-state index contributed by atoms with van der Waals surface area (Å²) in [4.78, 5) is 41.8. The molecule has 3 heterocycles. The van der Waals surface area contributed by atoms with Crippen LogP contribution in [0.15, 0.2) is 48.8 Å². The van der Waals surface area contributed by atoms with Crippen LogP contribution in [0.5, 0.6) is 0 Å². The minimum atomic E-state index is -1.39. The van der Waals surface area contributed by atoms with Crippen molar-refractivity contribution in [1.29, 1.82) is 0 Å². The molecule has 0 unspecified atom stereocenters. The Morgan fingerprint density at radius 3 is 2.51 bits per heavy atom. The van der Waals surface area contributed by atoms with Gasteiger partial charge in [-0.15, -0.1) is 0 Å². The summed E-state index contributed by atoms with van der Waals surface area (Å²) in [7, 11) is 0. The molecular formula is C27H33N5O7. The SMILES string of the molecule is CC(=O)O[C@@H]1[C@H](OC(=O)[C@@H](N)C(C)C)[C@@H](COC(=O)Cc2ccccc2)O[C@@]1(C)c1ccc2c(N)ncnn12. The van der Waals surface area contributed by atoms with Gasteiger partial charge >= 0.3 is 17.9 Å². The van der Waals surface area contributed by atoms with Crippen LogP contribution < -0.4 is 11.5 Å². The third-order valence-corrected chi connectivity index (χ3v) is 6.73. The van der Waals surface area contributed by atoms with E-state index in [1.54, 1.807) is 32.9 Å². The second-order valence-corrected chi connectivity index (χ2v) is 9.97. The van der Waals surface area contributed by atoms with Crippen LogP contribution >= 0.6 is 0 Å². The number of carbonyl (C=O) groups excluding carboxylic acids is 3. The van der Waals surface area contributed by atoms with E-state index in [1.807, 2.05) is 30.3 Å². The maximum atomic E-state index is 13.0. The number of anilines is 1. The number of nitrogens with zero attached hydrogens (tertiary/aromatic N) is 3. The van der Waals surface area contributed by atoms with Gasteiger partial charge in [0.1, 0.15) is 36.2 Å². The second-order valence-electron chi connectivity index (χ2n) is 9.97. The van der Waals surface area contributed by atoms with Crippen molar-refractivity contribution in [3.8, 4) is 0 Å². The number of carbonyl (C=O) groups is 3. The lowest BCUT2D eigenvalue weighted by Crippen LogP contribution is -2.48. The van der Waals surface area contributed by atoms with Gasteiger partial charge < -0.3 is 30.4 Å². The molecule has 12 nitrogen and oxygen atoms in total. The number of hydrogen-bond donors (Lipinski definition) is 2. The summed E-state index contributed by atoms with van der Waals surface area (Å²) in [6.45, 7) is 6.21. The molecule has 2 aromatic heterocycles. The van der Waals surface area contributed by atoms with Crippen molar-refractivity contribution in [3.63, 3.8) is 0 Å². The summed E-state index contributed by atoms with van der Waals surface area (Å²) in [5, 5.41) is 4.28.